The van der Waals surface area contributed by atoms with Gasteiger partial charge in [-0.05, 0) is 6.42 Å². The van der Waals surface area contributed by atoms with Crippen molar-refractivity contribution in [2.75, 3.05) is 19.8 Å². The number of aliphatic hydroxyl groups is 7. The molecule has 2 fully saturated rings. The first-order chi connectivity index (χ1) is 17.2. The van der Waals surface area contributed by atoms with E-state index in [9.17, 15) is 40.5 Å². The third-order valence-electron chi connectivity index (χ3n) is 6.78. The molecule has 0 bridgehead atoms. The van der Waals surface area contributed by atoms with Crippen LogP contribution in [0.1, 0.15) is 72.6 Å². The fourth-order valence-corrected chi connectivity index (χ4v) is 4.55. The van der Waals surface area contributed by atoms with Crippen LogP contribution in [0.25, 0.3) is 0 Å². The molecule has 0 aliphatic carbocycles. The molecule has 2 rings (SSSR count). The van der Waals surface area contributed by atoms with Crippen molar-refractivity contribution < 1.29 is 90.5 Å². The third kappa shape index (κ3) is 9.59. The van der Waals surface area contributed by atoms with Crippen molar-refractivity contribution in [3.8, 4) is 0 Å². The Labute approximate surface area is 241 Å². The molecular weight excluding hydrogens is 503 g/mol. The van der Waals surface area contributed by atoms with Gasteiger partial charge in [0.2, 0.25) is 5.79 Å². The second-order valence-electron chi connectivity index (χ2n) is 9.60. The Bertz CT molecular complexity index is 648. The maximum atomic E-state index is 12.5. The van der Waals surface area contributed by atoms with E-state index in [2.05, 4.69) is 6.92 Å². The zero-order valence-electron chi connectivity index (χ0n) is 23.0. The summed E-state index contributed by atoms with van der Waals surface area (Å²) in [5.41, 5.74) is 0. The number of hydrogen-bond donors (Lipinski definition) is 7. The zero-order valence-corrected chi connectivity index (χ0v) is 24.0. The summed E-state index contributed by atoms with van der Waals surface area (Å²) in [7, 11) is 0. The summed E-state index contributed by atoms with van der Waals surface area (Å²) in [6, 6.07) is 0. The monoisotopic (exact) mass is 548 g/mol. The van der Waals surface area contributed by atoms with Crippen LogP contribution in [0.5, 0.6) is 0 Å². The summed E-state index contributed by atoms with van der Waals surface area (Å²) in [6.45, 7) is -0.193. The summed E-state index contributed by atoms with van der Waals surface area (Å²) in [5.74, 6) is -2.91. The molecule has 0 radical (unpaired) electrons. The molecule has 0 aromatic rings. The van der Waals surface area contributed by atoms with Crippen molar-refractivity contribution >= 4 is 5.97 Å². The quantitative estimate of drug-likeness (QED) is 0.0565. The van der Waals surface area contributed by atoms with Crippen molar-refractivity contribution in [3.63, 3.8) is 0 Å². The second-order valence-corrected chi connectivity index (χ2v) is 9.60. The Morgan fingerprint density at radius 1 is 0.811 bits per heavy atom. The minimum Gasteiger partial charge on any atom is -1.00 e. The molecule has 0 saturated carbocycles. The van der Waals surface area contributed by atoms with Crippen LogP contribution in [0, 0.1) is 0 Å². The van der Waals surface area contributed by atoms with Crippen LogP contribution in [-0.4, -0.2) is 116 Å². The maximum Gasteiger partial charge on any atom is 1.00 e. The van der Waals surface area contributed by atoms with Gasteiger partial charge in [0.15, 0.2) is 12.4 Å². The molecule has 0 aromatic heterocycles. The van der Waals surface area contributed by atoms with Gasteiger partial charge in [-0.15, -0.1) is 0 Å². The van der Waals surface area contributed by atoms with Crippen LogP contribution in [0.2, 0.25) is 0 Å². The first kappa shape index (κ1) is 35.1. The molecule has 0 unspecified atom stereocenters. The molecule has 0 amide bonds. The minimum absolute atomic E-state index is 0. The molecule has 2 aliphatic rings. The largest absolute Gasteiger partial charge is 1.00 e. The maximum absolute atomic E-state index is 12.5. The first-order valence-corrected chi connectivity index (χ1v) is 13.0. The summed E-state index contributed by atoms with van der Waals surface area (Å²) < 4.78 is 21.8. The van der Waals surface area contributed by atoms with Gasteiger partial charge in [0.25, 0.3) is 0 Å². The molecule has 13 heteroatoms. The van der Waals surface area contributed by atoms with Crippen LogP contribution in [0.4, 0.5) is 0 Å². The summed E-state index contributed by atoms with van der Waals surface area (Å²) in [5, 5.41) is 69.9. The molecule has 7 N–H and O–H groups in total. The molecule has 2 heterocycles. The Kier molecular flexibility index (Phi) is 16.8. The number of aliphatic hydroxyl groups excluding tert-OH is 7. The molecule has 0 spiro atoms. The number of carbonyl (C=O) groups is 1. The van der Waals surface area contributed by atoms with Gasteiger partial charge < -0.3 is 56.1 Å². The molecule has 9 atom stereocenters. The van der Waals surface area contributed by atoms with Crippen LogP contribution >= 0.6 is 0 Å². The molecule has 12 nitrogen and oxygen atoms in total. The van der Waals surface area contributed by atoms with E-state index in [0.717, 1.165) is 25.7 Å². The van der Waals surface area contributed by atoms with E-state index in [-0.39, 0.29) is 37.4 Å². The predicted octanol–water partition coefficient (Wildman–Crippen LogP) is -3.81. The first-order valence-electron chi connectivity index (χ1n) is 13.0. The van der Waals surface area contributed by atoms with Gasteiger partial charge >= 0.3 is 35.5 Å². The van der Waals surface area contributed by atoms with Gasteiger partial charge in [0, 0.05) is 6.42 Å². The smallest absolute Gasteiger partial charge is 1.00 e. The number of ether oxygens (including phenoxy) is 4. The number of hydrogen-bond acceptors (Lipinski definition) is 12. The van der Waals surface area contributed by atoms with Gasteiger partial charge in [-0.1, -0.05) is 58.3 Å². The Morgan fingerprint density at radius 2 is 1.38 bits per heavy atom. The van der Waals surface area contributed by atoms with Crippen molar-refractivity contribution in [1.29, 1.82) is 0 Å². The zero-order chi connectivity index (χ0) is 26.7. The predicted molar refractivity (Wildman–Crippen MR) is 125 cm³/mol. The van der Waals surface area contributed by atoms with E-state index in [1.807, 2.05) is 0 Å². The van der Waals surface area contributed by atoms with Gasteiger partial charge in [-0.25, -0.2) is 0 Å². The molecule has 214 valence electrons. The van der Waals surface area contributed by atoms with E-state index < -0.39 is 80.6 Å². The normalized spacial score (nSPS) is 35.8. The fraction of sp³-hybridized carbons (Fsp3) is 0.958. The average molecular weight is 549 g/mol. The van der Waals surface area contributed by atoms with E-state index in [0.29, 0.717) is 6.42 Å². The fourth-order valence-electron chi connectivity index (χ4n) is 4.55. The van der Waals surface area contributed by atoms with Crippen molar-refractivity contribution in [2.45, 2.75) is 126 Å². The standard InChI is InChI=1S/C24H44O12.Na.H/c1-2-3-4-5-6-7-8-9-10-11-17(28)34-22-19(30)16(13-26)35-24(22,14-27)36-23-21(32)20(31)18(29)15(12-25)33-23;;/h15-16,18-23,25-27,29-32H,2-14H2,1H3;;/q;+1;-1/t15-,16-,18-,19-,20+,21-,22+,23-,24+;;/m1../s1. The molecule has 2 aliphatic heterocycles. The SMILES string of the molecule is CCCCCCCCCCCC(=O)O[C@H]1[C@H](O)[C@@H](CO)O[C@@]1(CO)O[C@H]1O[C@H](CO)[C@@H](O)[C@H](O)[C@H]1O.[H-].[Na+]. The van der Waals surface area contributed by atoms with Crippen molar-refractivity contribution in [3.05, 3.63) is 0 Å². The molecule has 0 aromatic carbocycles. The number of esters is 1. The topological polar surface area (TPSA) is 196 Å². The summed E-state index contributed by atoms with van der Waals surface area (Å²) in [6.07, 6.45) is -3.09. The Balaban J connectivity index is 0.00000684. The molecule has 37 heavy (non-hydrogen) atoms. The summed E-state index contributed by atoms with van der Waals surface area (Å²) >= 11 is 0. The Morgan fingerprint density at radius 3 is 1.92 bits per heavy atom. The molecule has 2 saturated heterocycles. The Hall–Kier alpha value is 0.0700. The van der Waals surface area contributed by atoms with E-state index in [4.69, 9.17) is 18.9 Å². The van der Waals surface area contributed by atoms with Crippen molar-refractivity contribution in [2.24, 2.45) is 0 Å². The van der Waals surface area contributed by atoms with Crippen LogP contribution < -0.4 is 29.6 Å². The number of rotatable bonds is 16. The second kappa shape index (κ2) is 17.7. The number of unbranched alkanes of at least 4 members (excludes halogenated alkanes) is 8. The van der Waals surface area contributed by atoms with Gasteiger partial charge in [-0.3, -0.25) is 4.79 Å². The average Bonchev–Trinajstić information content (AvgIpc) is 3.14. The minimum atomic E-state index is -2.24. The van der Waals surface area contributed by atoms with Gasteiger partial charge in [0.05, 0.1) is 13.2 Å². The van der Waals surface area contributed by atoms with Gasteiger partial charge in [-0.2, -0.15) is 0 Å². The van der Waals surface area contributed by atoms with Crippen molar-refractivity contribution in [1.82, 2.24) is 0 Å². The van der Waals surface area contributed by atoms with E-state index in [1.165, 1.54) is 25.7 Å². The van der Waals surface area contributed by atoms with Crippen LogP contribution in [0.15, 0.2) is 0 Å². The number of carbonyl (C=O) groups excluding carboxylic acids is 1. The van der Waals surface area contributed by atoms with Gasteiger partial charge in [0.1, 0.15) is 43.2 Å². The summed E-state index contributed by atoms with van der Waals surface area (Å²) in [4.78, 5) is 12.5. The molecular formula is C24H45NaO12. The van der Waals surface area contributed by atoms with Crippen LogP contribution in [-0.2, 0) is 23.7 Å². The van der Waals surface area contributed by atoms with E-state index >= 15 is 0 Å². The van der Waals surface area contributed by atoms with Crippen LogP contribution in [0.3, 0.4) is 0 Å². The third-order valence-corrected chi connectivity index (χ3v) is 6.78. The van der Waals surface area contributed by atoms with E-state index in [1.54, 1.807) is 0 Å².